The van der Waals surface area contributed by atoms with Gasteiger partial charge < -0.3 is 15.0 Å². The van der Waals surface area contributed by atoms with Crippen molar-refractivity contribution < 1.29 is 13.2 Å². The molecule has 0 aliphatic carbocycles. The number of ether oxygens (including phenoxy) is 1. The van der Waals surface area contributed by atoms with Gasteiger partial charge in [0.1, 0.15) is 5.75 Å². The molecule has 30 heavy (non-hydrogen) atoms. The van der Waals surface area contributed by atoms with Crippen LogP contribution < -0.4 is 15.0 Å². The number of methoxy groups -OCH3 is 1. The second-order valence-electron chi connectivity index (χ2n) is 8.11. The number of nitrogens with zero attached hydrogens (tertiary/aromatic N) is 2. The molecular weight excluding hydrogens is 398 g/mol. The fourth-order valence-electron chi connectivity index (χ4n) is 4.43. The lowest BCUT2D eigenvalue weighted by Crippen LogP contribution is -2.43. The van der Waals surface area contributed by atoms with Gasteiger partial charge in [0.25, 0.3) is 0 Å². The Hall–Kier alpha value is -2.09. The van der Waals surface area contributed by atoms with E-state index in [1.165, 1.54) is 5.56 Å². The highest BCUT2D eigenvalue weighted by Crippen LogP contribution is 2.33. The van der Waals surface area contributed by atoms with E-state index in [0.717, 1.165) is 56.9 Å². The van der Waals surface area contributed by atoms with Gasteiger partial charge in [0.05, 0.1) is 17.7 Å². The Bertz CT molecular complexity index is 935. The SMILES string of the molecule is COc1ccc(S(=O)(=O)N2CCC(Cc3ccccc3)CC2)cc1N1CCNCC1. The summed E-state index contributed by atoms with van der Waals surface area (Å²) < 4.78 is 33.8. The molecule has 2 aliphatic rings. The molecular formula is C23H31N3O3S. The van der Waals surface area contributed by atoms with Crippen LogP contribution in [0.1, 0.15) is 18.4 Å². The molecule has 0 bridgehead atoms. The van der Waals surface area contributed by atoms with E-state index in [0.29, 0.717) is 23.9 Å². The molecule has 1 N–H and O–H groups in total. The van der Waals surface area contributed by atoms with Gasteiger partial charge in [-0.3, -0.25) is 0 Å². The molecule has 0 atom stereocenters. The average molecular weight is 430 g/mol. The first-order chi connectivity index (χ1) is 14.6. The Labute approximate surface area is 179 Å². The first-order valence-corrected chi connectivity index (χ1v) is 12.2. The van der Waals surface area contributed by atoms with Gasteiger partial charge in [-0.1, -0.05) is 30.3 Å². The lowest BCUT2D eigenvalue weighted by Gasteiger charge is -2.33. The molecule has 0 amide bonds. The molecule has 2 aromatic rings. The zero-order valence-corrected chi connectivity index (χ0v) is 18.4. The highest BCUT2D eigenvalue weighted by atomic mass is 32.2. The predicted octanol–water partition coefficient (Wildman–Crippen LogP) is 2.75. The molecule has 2 aliphatic heterocycles. The summed E-state index contributed by atoms with van der Waals surface area (Å²) in [5, 5.41) is 3.33. The van der Waals surface area contributed by atoms with E-state index in [-0.39, 0.29) is 0 Å². The highest BCUT2D eigenvalue weighted by molar-refractivity contribution is 7.89. The van der Waals surface area contributed by atoms with Gasteiger partial charge >= 0.3 is 0 Å². The van der Waals surface area contributed by atoms with Crippen LogP contribution in [0.4, 0.5) is 5.69 Å². The van der Waals surface area contributed by atoms with Crippen LogP contribution in [-0.4, -0.2) is 59.1 Å². The zero-order valence-electron chi connectivity index (χ0n) is 17.6. The Morgan fingerprint density at radius 1 is 1.00 bits per heavy atom. The fraction of sp³-hybridized carbons (Fsp3) is 0.478. The van der Waals surface area contributed by atoms with Crippen molar-refractivity contribution >= 4 is 15.7 Å². The van der Waals surface area contributed by atoms with Crippen LogP contribution in [0, 0.1) is 5.92 Å². The van der Waals surface area contributed by atoms with Crippen molar-refractivity contribution in [3.63, 3.8) is 0 Å². The summed E-state index contributed by atoms with van der Waals surface area (Å²) >= 11 is 0. The minimum Gasteiger partial charge on any atom is -0.495 e. The molecule has 4 rings (SSSR count). The standard InChI is InChI=1S/C23H31N3O3S/c1-29-23-8-7-21(18-22(23)25-15-11-24-12-16-25)30(27,28)26-13-9-20(10-14-26)17-19-5-3-2-4-6-19/h2-8,18,20,24H,9-17H2,1H3. The molecule has 6 nitrogen and oxygen atoms in total. The minimum atomic E-state index is -3.51. The lowest BCUT2D eigenvalue weighted by molar-refractivity contribution is 0.273. The van der Waals surface area contributed by atoms with Crippen LogP contribution in [0.15, 0.2) is 53.4 Å². The van der Waals surface area contributed by atoms with Crippen molar-refractivity contribution in [1.29, 1.82) is 0 Å². The predicted molar refractivity (Wildman–Crippen MR) is 120 cm³/mol. The van der Waals surface area contributed by atoms with E-state index in [9.17, 15) is 8.42 Å². The first kappa shape index (κ1) is 21.2. The van der Waals surface area contributed by atoms with Crippen LogP contribution in [0.5, 0.6) is 5.75 Å². The van der Waals surface area contributed by atoms with Gasteiger partial charge in [-0.05, 0) is 48.9 Å². The zero-order chi connectivity index (χ0) is 21.0. The summed E-state index contributed by atoms with van der Waals surface area (Å²) in [6, 6.07) is 15.7. The van der Waals surface area contributed by atoms with Crippen LogP contribution in [0.3, 0.4) is 0 Å². The van der Waals surface area contributed by atoms with E-state index in [2.05, 4.69) is 34.5 Å². The molecule has 7 heteroatoms. The fourth-order valence-corrected chi connectivity index (χ4v) is 5.92. The number of anilines is 1. The van der Waals surface area contributed by atoms with E-state index in [1.807, 2.05) is 6.07 Å². The molecule has 0 saturated carbocycles. The Kier molecular flexibility index (Phi) is 6.61. The largest absolute Gasteiger partial charge is 0.495 e. The van der Waals surface area contributed by atoms with Crippen molar-refractivity contribution in [2.75, 3.05) is 51.3 Å². The van der Waals surface area contributed by atoms with Crippen LogP contribution >= 0.6 is 0 Å². The van der Waals surface area contributed by atoms with Crippen molar-refractivity contribution in [3.8, 4) is 5.75 Å². The van der Waals surface area contributed by atoms with E-state index < -0.39 is 10.0 Å². The maximum absolute atomic E-state index is 13.3. The average Bonchev–Trinajstić information content (AvgIpc) is 2.80. The quantitative estimate of drug-likeness (QED) is 0.765. The first-order valence-electron chi connectivity index (χ1n) is 10.8. The second kappa shape index (κ2) is 9.37. The van der Waals surface area contributed by atoms with Gasteiger partial charge in [-0.25, -0.2) is 8.42 Å². The Balaban J connectivity index is 1.47. The number of rotatable bonds is 6. The molecule has 2 saturated heterocycles. The maximum atomic E-state index is 13.3. The summed E-state index contributed by atoms with van der Waals surface area (Å²) in [6.45, 7) is 4.60. The third kappa shape index (κ3) is 4.63. The van der Waals surface area contributed by atoms with E-state index in [4.69, 9.17) is 4.74 Å². The van der Waals surface area contributed by atoms with Crippen LogP contribution in [-0.2, 0) is 16.4 Å². The molecule has 0 radical (unpaired) electrons. The smallest absolute Gasteiger partial charge is 0.243 e. The number of piperazine rings is 1. The van der Waals surface area contributed by atoms with Crippen molar-refractivity contribution in [3.05, 3.63) is 54.1 Å². The molecule has 0 spiro atoms. The lowest BCUT2D eigenvalue weighted by atomic mass is 9.91. The van der Waals surface area contributed by atoms with Gasteiger partial charge in [0.2, 0.25) is 10.0 Å². The number of benzene rings is 2. The van der Waals surface area contributed by atoms with Crippen molar-refractivity contribution in [1.82, 2.24) is 9.62 Å². The maximum Gasteiger partial charge on any atom is 0.243 e. The van der Waals surface area contributed by atoms with Gasteiger partial charge in [0.15, 0.2) is 0 Å². The van der Waals surface area contributed by atoms with Crippen LogP contribution in [0.25, 0.3) is 0 Å². The molecule has 2 aromatic carbocycles. The molecule has 2 heterocycles. The number of hydrogen-bond donors (Lipinski definition) is 1. The highest BCUT2D eigenvalue weighted by Gasteiger charge is 2.30. The topological polar surface area (TPSA) is 61.9 Å². The number of nitrogens with one attached hydrogen (secondary N) is 1. The normalized spacial score (nSPS) is 19.0. The summed E-state index contributed by atoms with van der Waals surface area (Å²) in [5.41, 5.74) is 2.19. The van der Waals surface area contributed by atoms with E-state index >= 15 is 0 Å². The molecule has 0 unspecified atom stereocenters. The summed E-state index contributed by atoms with van der Waals surface area (Å²) in [5.74, 6) is 1.25. The summed E-state index contributed by atoms with van der Waals surface area (Å²) in [6.07, 6.45) is 2.81. The van der Waals surface area contributed by atoms with Gasteiger partial charge in [-0.15, -0.1) is 0 Å². The van der Waals surface area contributed by atoms with Gasteiger partial charge in [0, 0.05) is 39.3 Å². The van der Waals surface area contributed by atoms with E-state index in [1.54, 1.807) is 29.6 Å². The Morgan fingerprint density at radius 2 is 1.70 bits per heavy atom. The monoisotopic (exact) mass is 429 g/mol. The van der Waals surface area contributed by atoms with Crippen molar-refractivity contribution in [2.45, 2.75) is 24.2 Å². The number of hydrogen-bond acceptors (Lipinski definition) is 5. The summed E-state index contributed by atoms with van der Waals surface area (Å²) in [4.78, 5) is 2.55. The van der Waals surface area contributed by atoms with Crippen LogP contribution in [0.2, 0.25) is 0 Å². The number of sulfonamides is 1. The third-order valence-corrected chi connectivity index (χ3v) is 8.08. The number of piperidine rings is 1. The molecule has 0 aromatic heterocycles. The van der Waals surface area contributed by atoms with Gasteiger partial charge in [-0.2, -0.15) is 4.31 Å². The molecule has 2 fully saturated rings. The Morgan fingerprint density at radius 3 is 2.37 bits per heavy atom. The van der Waals surface area contributed by atoms with Crippen molar-refractivity contribution in [2.24, 2.45) is 5.92 Å². The molecule has 162 valence electrons. The summed E-state index contributed by atoms with van der Waals surface area (Å²) in [7, 11) is -1.88. The minimum absolute atomic E-state index is 0.360. The second-order valence-corrected chi connectivity index (χ2v) is 10.0. The third-order valence-electron chi connectivity index (χ3n) is 6.19.